The summed E-state index contributed by atoms with van der Waals surface area (Å²) in [6, 6.07) is 16.8. The van der Waals surface area contributed by atoms with Gasteiger partial charge in [-0.2, -0.15) is 0 Å². The van der Waals surface area contributed by atoms with Crippen molar-refractivity contribution in [3.8, 4) is 0 Å². The van der Waals surface area contributed by atoms with E-state index in [1.54, 1.807) is 12.1 Å². The van der Waals surface area contributed by atoms with Crippen LogP contribution in [-0.4, -0.2) is 0 Å². The van der Waals surface area contributed by atoms with Gasteiger partial charge in [0, 0.05) is 5.39 Å². The van der Waals surface area contributed by atoms with Crippen molar-refractivity contribution in [3.63, 3.8) is 0 Å². The number of unbranched alkanes of at least 4 members (excludes halogenated alkanes) is 1. The van der Waals surface area contributed by atoms with E-state index in [0.717, 1.165) is 22.4 Å². The molecule has 0 radical (unpaired) electrons. The highest BCUT2D eigenvalue weighted by molar-refractivity contribution is 5.84. The fourth-order valence-electron chi connectivity index (χ4n) is 5.01. The maximum Gasteiger partial charge on any atom is 0.134 e. The average molecular weight is 407 g/mol. The van der Waals surface area contributed by atoms with Gasteiger partial charge in [0.05, 0.1) is 0 Å². The molecule has 0 bridgehead atoms. The van der Waals surface area contributed by atoms with E-state index in [4.69, 9.17) is 0 Å². The monoisotopic (exact) mass is 406 g/mol. The Balaban J connectivity index is 1.44. The van der Waals surface area contributed by atoms with Gasteiger partial charge in [-0.15, -0.1) is 0 Å². The van der Waals surface area contributed by atoms with E-state index < -0.39 is 0 Å². The van der Waals surface area contributed by atoms with Gasteiger partial charge >= 0.3 is 0 Å². The minimum atomic E-state index is -0.235. The van der Waals surface area contributed by atoms with Crippen LogP contribution in [0.15, 0.2) is 54.6 Å². The molecule has 1 fully saturated rings. The van der Waals surface area contributed by atoms with Crippen LogP contribution in [0.4, 0.5) is 8.78 Å². The Morgan fingerprint density at radius 1 is 0.833 bits per heavy atom. The number of halogens is 2. The second kappa shape index (κ2) is 9.73. The van der Waals surface area contributed by atoms with Gasteiger partial charge in [-0.3, -0.25) is 0 Å². The van der Waals surface area contributed by atoms with E-state index in [1.807, 2.05) is 12.1 Å². The van der Waals surface area contributed by atoms with E-state index in [2.05, 4.69) is 25.1 Å². The molecule has 158 valence electrons. The maximum absolute atomic E-state index is 15.1. The number of fused-ring (bicyclic) bond motifs is 1. The topological polar surface area (TPSA) is 0 Å². The molecule has 0 amide bonds. The molecule has 0 saturated heterocycles. The summed E-state index contributed by atoms with van der Waals surface area (Å²) in [6.07, 6.45) is 10.6. The van der Waals surface area contributed by atoms with E-state index in [-0.39, 0.29) is 11.6 Å². The van der Waals surface area contributed by atoms with Crippen LogP contribution in [0.1, 0.15) is 74.5 Å². The molecule has 0 aromatic heterocycles. The molecule has 0 heterocycles. The zero-order chi connectivity index (χ0) is 20.9. The van der Waals surface area contributed by atoms with E-state index >= 15 is 4.39 Å². The fraction of sp³-hybridized carbons (Fsp3) is 0.429. The summed E-state index contributed by atoms with van der Waals surface area (Å²) < 4.78 is 28.2. The van der Waals surface area contributed by atoms with Crippen molar-refractivity contribution in [2.75, 3.05) is 0 Å². The van der Waals surface area contributed by atoms with E-state index in [9.17, 15) is 4.39 Å². The van der Waals surface area contributed by atoms with Crippen molar-refractivity contribution in [1.82, 2.24) is 0 Å². The van der Waals surface area contributed by atoms with Crippen molar-refractivity contribution in [2.24, 2.45) is 5.92 Å². The van der Waals surface area contributed by atoms with Crippen LogP contribution >= 0.6 is 0 Å². The summed E-state index contributed by atoms with van der Waals surface area (Å²) in [4.78, 5) is 0. The average Bonchev–Trinajstić information content (AvgIpc) is 2.78. The lowest BCUT2D eigenvalue weighted by Crippen LogP contribution is -2.13. The third kappa shape index (κ3) is 4.91. The zero-order valence-electron chi connectivity index (χ0n) is 18.0. The van der Waals surface area contributed by atoms with Gasteiger partial charge in [0.25, 0.3) is 0 Å². The quantitative estimate of drug-likeness (QED) is 0.370. The Hall–Kier alpha value is -2.22. The second-order valence-corrected chi connectivity index (χ2v) is 9.01. The van der Waals surface area contributed by atoms with Crippen molar-refractivity contribution in [3.05, 3.63) is 82.9 Å². The molecule has 0 N–H and O–H groups in total. The molecule has 0 atom stereocenters. The summed E-state index contributed by atoms with van der Waals surface area (Å²) in [5, 5.41) is 1.72. The smallest absolute Gasteiger partial charge is 0.134 e. The molecule has 4 rings (SSSR count). The second-order valence-electron chi connectivity index (χ2n) is 9.01. The summed E-state index contributed by atoms with van der Waals surface area (Å²) in [5.41, 5.74) is 3.13. The first-order chi connectivity index (χ1) is 14.6. The molecule has 1 aliphatic carbocycles. The zero-order valence-corrected chi connectivity index (χ0v) is 18.0. The standard InChI is InChI=1S/C28H32F2/c1-2-3-4-20-5-10-22(11-6-20)24-15-18-27-25(19-24)14-13-23(28(27)30)12-7-21-8-16-26(29)17-9-21/h8-9,13-20,22H,2-7,10-12H2,1H3. The first-order valence-electron chi connectivity index (χ1n) is 11.6. The highest BCUT2D eigenvalue weighted by Crippen LogP contribution is 2.38. The van der Waals surface area contributed by atoms with Crippen LogP contribution in [0, 0.1) is 17.6 Å². The molecule has 0 nitrogen and oxygen atoms in total. The highest BCUT2D eigenvalue weighted by atomic mass is 19.1. The van der Waals surface area contributed by atoms with E-state index in [0.29, 0.717) is 24.1 Å². The van der Waals surface area contributed by atoms with Crippen molar-refractivity contribution < 1.29 is 8.78 Å². The van der Waals surface area contributed by atoms with Crippen LogP contribution in [-0.2, 0) is 12.8 Å². The molecule has 3 aromatic rings. The third-order valence-electron chi connectivity index (χ3n) is 6.94. The third-order valence-corrected chi connectivity index (χ3v) is 6.94. The highest BCUT2D eigenvalue weighted by Gasteiger charge is 2.22. The molecular weight excluding hydrogens is 374 g/mol. The largest absolute Gasteiger partial charge is 0.207 e. The van der Waals surface area contributed by atoms with Gasteiger partial charge in [0.15, 0.2) is 0 Å². The lowest BCUT2D eigenvalue weighted by Gasteiger charge is -2.29. The molecule has 30 heavy (non-hydrogen) atoms. The van der Waals surface area contributed by atoms with Crippen LogP contribution in [0.25, 0.3) is 10.8 Å². The lowest BCUT2D eigenvalue weighted by atomic mass is 9.77. The van der Waals surface area contributed by atoms with Crippen molar-refractivity contribution in [2.45, 2.75) is 70.6 Å². The molecular formula is C28H32F2. The van der Waals surface area contributed by atoms with Gasteiger partial charge < -0.3 is 0 Å². The summed E-state index contributed by atoms with van der Waals surface area (Å²) in [6.45, 7) is 2.27. The molecule has 2 heteroatoms. The van der Waals surface area contributed by atoms with E-state index in [1.165, 1.54) is 62.6 Å². The number of rotatable bonds is 7. The molecule has 0 aliphatic heterocycles. The fourth-order valence-corrected chi connectivity index (χ4v) is 5.01. The summed E-state index contributed by atoms with van der Waals surface area (Å²) in [5.74, 6) is 1.18. The van der Waals surface area contributed by atoms with Crippen LogP contribution in [0.3, 0.4) is 0 Å². The molecule has 1 aliphatic rings. The lowest BCUT2D eigenvalue weighted by molar-refractivity contribution is 0.304. The van der Waals surface area contributed by atoms with Crippen LogP contribution in [0.2, 0.25) is 0 Å². The van der Waals surface area contributed by atoms with Gasteiger partial charge in [0.1, 0.15) is 11.6 Å². The predicted octanol–water partition coefficient (Wildman–Crippen LogP) is 8.37. The number of hydrogen-bond donors (Lipinski definition) is 0. The minimum Gasteiger partial charge on any atom is -0.207 e. The molecule has 0 unspecified atom stereocenters. The predicted molar refractivity (Wildman–Crippen MR) is 122 cm³/mol. The SMILES string of the molecule is CCCCC1CCC(c2ccc3c(F)c(CCc4ccc(F)cc4)ccc3c2)CC1. The molecule has 0 spiro atoms. The van der Waals surface area contributed by atoms with Gasteiger partial charge in [0.2, 0.25) is 0 Å². The van der Waals surface area contributed by atoms with Gasteiger partial charge in [-0.05, 0) is 84.6 Å². The van der Waals surface area contributed by atoms with Crippen molar-refractivity contribution >= 4 is 10.8 Å². The molecule has 1 saturated carbocycles. The normalized spacial score (nSPS) is 19.3. The Morgan fingerprint density at radius 3 is 2.33 bits per heavy atom. The Labute approximate surface area is 179 Å². The number of benzene rings is 3. The van der Waals surface area contributed by atoms with Crippen LogP contribution < -0.4 is 0 Å². The first kappa shape index (κ1) is 21.0. The first-order valence-corrected chi connectivity index (χ1v) is 11.6. The van der Waals surface area contributed by atoms with Crippen molar-refractivity contribution in [1.29, 1.82) is 0 Å². The van der Waals surface area contributed by atoms with Gasteiger partial charge in [-0.1, -0.05) is 68.7 Å². The Morgan fingerprint density at radius 2 is 1.60 bits per heavy atom. The minimum absolute atomic E-state index is 0.107. The van der Waals surface area contributed by atoms with Crippen LogP contribution in [0.5, 0.6) is 0 Å². The Bertz CT molecular complexity index is 966. The molecule has 3 aromatic carbocycles. The summed E-state index contributed by atoms with van der Waals surface area (Å²) in [7, 11) is 0. The summed E-state index contributed by atoms with van der Waals surface area (Å²) >= 11 is 0. The van der Waals surface area contributed by atoms with Gasteiger partial charge in [-0.25, -0.2) is 8.78 Å². The number of hydrogen-bond acceptors (Lipinski definition) is 0. The maximum atomic E-state index is 15.1. The number of aryl methyl sites for hydroxylation is 2. The Kier molecular flexibility index (Phi) is 6.82.